The second kappa shape index (κ2) is 6.97. The molecule has 0 radical (unpaired) electrons. The van der Waals surface area contributed by atoms with Crippen molar-refractivity contribution in [2.45, 2.75) is 33.6 Å². The Balaban J connectivity index is 1.93. The molecule has 1 aromatic heterocycles. The number of oxazole rings is 1. The summed E-state index contributed by atoms with van der Waals surface area (Å²) in [5.41, 5.74) is 3.65. The Bertz CT molecular complexity index is 912. The van der Waals surface area contributed by atoms with Gasteiger partial charge in [-0.1, -0.05) is 26.8 Å². The van der Waals surface area contributed by atoms with Gasteiger partial charge in [-0.2, -0.15) is 0 Å². The molecule has 5 heteroatoms. The van der Waals surface area contributed by atoms with Crippen LogP contribution in [0.5, 0.6) is 5.75 Å². The van der Waals surface area contributed by atoms with E-state index in [0.717, 1.165) is 11.9 Å². The van der Waals surface area contributed by atoms with E-state index in [4.69, 9.17) is 4.42 Å². The summed E-state index contributed by atoms with van der Waals surface area (Å²) in [6.07, 6.45) is 1.36. The molecule has 25 heavy (non-hydrogen) atoms. The molecule has 3 aromatic rings. The number of rotatable bonds is 5. The van der Waals surface area contributed by atoms with Gasteiger partial charge >= 0.3 is 0 Å². The van der Waals surface area contributed by atoms with Crippen molar-refractivity contribution in [3.63, 3.8) is 0 Å². The summed E-state index contributed by atoms with van der Waals surface area (Å²) in [6.45, 7) is 6.06. The summed E-state index contributed by atoms with van der Waals surface area (Å²) in [4.78, 5) is 16.4. The van der Waals surface area contributed by atoms with Crippen LogP contribution in [0, 0.1) is 5.92 Å². The molecule has 130 valence electrons. The third-order valence-electron chi connectivity index (χ3n) is 3.96. The van der Waals surface area contributed by atoms with E-state index in [1.165, 1.54) is 11.6 Å². The zero-order chi connectivity index (χ0) is 18.0. The Morgan fingerprint density at radius 2 is 2.04 bits per heavy atom. The number of hydrogen-bond donors (Lipinski definition) is 2. The van der Waals surface area contributed by atoms with E-state index in [-0.39, 0.29) is 17.6 Å². The number of aromatic nitrogens is 1. The van der Waals surface area contributed by atoms with Crippen LogP contribution in [0.3, 0.4) is 0 Å². The van der Waals surface area contributed by atoms with Crippen LogP contribution in [0.15, 0.2) is 40.8 Å². The standard InChI is InChI=1S/C20H22N2O3/c1-4-13-5-8-18-16(10-13)22-20(25-18)15-11-14(6-7-17(15)23)21-19(24)9-12(2)3/h5-8,10-12,23H,4,9H2,1-3H3,(H,21,24). The quantitative estimate of drug-likeness (QED) is 0.658. The molecule has 0 spiro atoms. The number of phenolic OH excluding ortho intramolecular Hbond substituents is 1. The van der Waals surface area contributed by atoms with Crippen LogP contribution < -0.4 is 5.32 Å². The maximum atomic E-state index is 12.0. The van der Waals surface area contributed by atoms with E-state index < -0.39 is 0 Å². The molecule has 0 unspecified atom stereocenters. The number of carbonyl (C=O) groups is 1. The van der Waals surface area contributed by atoms with E-state index in [0.29, 0.717) is 29.1 Å². The molecule has 0 aliphatic rings. The summed E-state index contributed by atoms with van der Waals surface area (Å²) in [7, 11) is 0. The van der Waals surface area contributed by atoms with Crippen LogP contribution >= 0.6 is 0 Å². The first-order chi connectivity index (χ1) is 12.0. The van der Waals surface area contributed by atoms with Gasteiger partial charge in [-0.15, -0.1) is 0 Å². The minimum atomic E-state index is -0.0585. The number of aromatic hydroxyl groups is 1. The zero-order valence-electron chi connectivity index (χ0n) is 14.7. The zero-order valence-corrected chi connectivity index (χ0v) is 14.7. The Morgan fingerprint density at radius 3 is 2.76 bits per heavy atom. The van der Waals surface area contributed by atoms with Crippen LogP contribution in [0.2, 0.25) is 0 Å². The number of hydrogen-bond acceptors (Lipinski definition) is 4. The molecule has 1 amide bonds. The minimum absolute atomic E-state index is 0.0585. The Kier molecular flexibility index (Phi) is 4.74. The van der Waals surface area contributed by atoms with Crippen molar-refractivity contribution in [1.82, 2.24) is 4.98 Å². The van der Waals surface area contributed by atoms with Gasteiger partial charge in [0.25, 0.3) is 0 Å². The highest BCUT2D eigenvalue weighted by Crippen LogP contribution is 2.33. The molecule has 0 saturated heterocycles. The molecule has 5 nitrogen and oxygen atoms in total. The van der Waals surface area contributed by atoms with E-state index in [2.05, 4.69) is 17.2 Å². The third-order valence-corrected chi connectivity index (χ3v) is 3.96. The predicted octanol–water partition coefficient (Wildman–Crippen LogP) is 4.75. The van der Waals surface area contributed by atoms with Gasteiger partial charge in [-0.3, -0.25) is 4.79 Å². The van der Waals surface area contributed by atoms with Crippen molar-refractivity contribution in [1.29, 1.82) is 0 Å². The number of anilines is 1. The normalized spacial score (nSPS) is 11.2. The van der Waals surface area contributed by atoms with Gasteiger partial charge < -0.3 is 14.8 Å². The molecule has 2 N–H and O–H groups in total. The molecule has 0 aliphatic heterocycles. The first kappa shape index (κ1) is 17.0. The molecular formula is C20H22N2O3. The number of fused-ring (bicyclic) bond motifs is 1. The van der Waals surface area contributed by atoms with Gasteiger partial charge in [0, 0.05) is 12.1 Å². The fourth-order valence-electron chi connectivity index (χ4n) is 2.68. The number of aryl methyl sites for hydroxylation is 1. The summed E-state index contributed by atoms with van der Waals surface area (Å²) >= 11 is 0. The number of amides is 1. The Labute approximate surface area is 146 Å². The molecular weight excluding hydrogens is 316 g/mol. The topological polar surface area (TPSA) is 75.4 Å². The molecule has 0 saturated carbocycles. The lowest BCUT2D eigenvalue weighted by Crippen LogP contribution is -2.13. The van der Waals surface area contributed by atoms with Crippen molar-refractivity contribution < 1.29 is 14.3 Å². The van der Waals surface area contributed by atoms with Crippen LogP contribution in [0.1, 0.15) is 32.8 Å². The lowest BCUT2D eigenvalue weighted by atomic mass is 10.1. The molecule has 0 fully saturated rings. The van der Waals surface area contributed by atoms with Crippen molar-refractivity contribution in [2.75, 3.05) is 5.32 Å². The Morgan fingerprint density at radius 1 is 1.24 bits per heavy atom. The average Bonchev–Trinajstić information content (AvgIpc) is 2.98. The van der Waals surface area contributed by atoms with Crippen LogP contribution in [0.25, 0.3) is 22.6 Å². The summed E-state index contributed by atoms with van der Waals surface area (Å²) in [5.74, 6) is 0.614. The number of carbonyl (C=O) groups excluding carboxylic acids is 1. The highest BCUT2D eigenvalue weighted by atomic mass is 16.3. The maximum absolute atomic E-state index is 12.0. The largest absolute Gasteiger partial charge is 0.507 e. The monoisotopic (exact) mass is 338 g/mol. The van der Waals surface area contributed by atoms with Crippen LogP contribution in [0.4, 0.5) is 5.69 Å². The van der Waals surface area contributed by atoms with Gasteiger partial charge in [0.05, 0.1) is 5.56 Å². The van der Waals surface area contributed by atoms with E-state index in [9.17, 15) is 9.90 Å². The molecule has 0 atom stereocenters. The highest BCUT2D eigenvalue weighted by molar-refractivity contribution is 5.92. The number of nitrogens with zero attached hydrogens (tertiary/aromatic N) is 1. The fourth-order valence-corrected chi connectivity index (χ4v) is 2.68. The van der Waals surface area contributed by atoms with Crippen LogP contribution in [-0.2, 0) is 11.2 Å². The van der Waals surface area contributed by atoms with Gasteiger partial charge in [-0.05, 0) is 48.2 Å². The fraction of sp³-hybridized carbons (Fsp3) is 0.300. The number of benzene rings is 2. The van der Waals surface area contributed by atoms with Crippen molar-refractivity contribution in [3.05, 3.63) is 42.0 Å². The first-order valence-electron chi connectivity index (χ1n) is 8.49. The third kappa shape index (κ3) is 3.82. The lowest BCUT2D eigenvalue weighted by Gasteiger charge is -2.09. The van der Waals surface area contributed by atoms with Gasteiger partial charge in [-0.25, -0.2) is 4.98 Å². The van der Waals surface area contributed by atoms with E-state index in [1.54, 1.807) is 12.1 Å². The van der Waals surface area contributed by atoms with Gasteiger partial charge in [0.15, 0.2) is 5.58 Å². The summed E-state index contributed by atoms with van der Waals surface area (Å²) < 4.78 is 5.78. The molecule has 0 bridgehead atoms. The number of phenols is 1. The van der Waals surface area contributed by atoms with Gasteiger partial charge in [0.1, 0.15) is 11.3 Å². The predicted molar refractivity (Wildman–Crippen MR) is 98.6 cm³/mol. The number of nitrogens with one attached hydrogen (secondary N) is 1. The first-order valence-corrected chi connectivity index (χ1v) is 8.49. The second-order valence-electron chi connectivity index (χ2n) is 6.55. The van der Waals surface area contributed by atoms with E-state index >= 15 is 0 Å². The molecule has 0 aliphatic carbocycles. The molecule has 2 aromatic carbocycles. The maximum Gasteiger partial charge on any atom is 0.231 e. The average molecular weight is 338 g/mol. The van der Waals surface area contributed by atoms with Crippen molar-refractivity contribution in [2.24, 2.45) is 5.92 Å². The SMILES string of the molecule is CCc1ccc2oc(-c3cc(NC(=O)CC(C)C)ccc3O)nc2c1. The van der Waals surface area contributed by atoms with Gasteiger partial charge in [0.2, 0.25) is 11.8 Å². The Hall–Kier alpha value is -2.82. The lowest BCUT2D eigenvalue weighted by molar-refractivity contribution is -0.116. The smallest absolute Gasteiger partial charge is 0.231 e. The highest BCUT2D eigenvalue weighted by Gasteiger charge is 2.14. The van der Waals surface area contributed by atoms with Crippen LogP contribution in [-0.4, -0.2) is 16.0 Å². The molecule has 3 rings (SSSR count). The van der Waals surface area contributed by atoms with Crippen molar-refractivity contribution >= 4 is 22.7 Å². The second-order valence-corrected chi connectivity index (χ2v) is 6.55. The van der Waals surface area contributed by atoms with E-state index in [1.807, 2.05) is 32.0 Å². The van der Waals surface area contributed by atoms with Crippen molar-refractivity contribution in [3.8, 4) is 17.2 Å². The molecule has 1 heterocycles. The summed E-state index contributed by atoms with van der Waals surface area (Å²) in [6, 6.07) is 10.7. The minimum Gasteiger partial charge on any atom is -0.507 e. The summed E-state index contributed by atoms with van der Waals surface area (Å²) in [5, 5.41) is 13.0.